The highest BCUT2D eigenvalue weighted by molar-refractivity contribution is 5.83. The third-order valence-electron chi connectivity index (χ3n) is 5.43. The Bertz CT molecular complexity index is 1580. The molecule has 0 radical (unpaired) electrons. The van der Waals surface area contributed by atoms with Gasteiger partial charge >= 0.3 is 0 Å². The summed E-state index contributed by atoms with van der Waals surface area (Å²) < 4.78 is 8.24. The van der Waals surface area contributed by atoms with Crippen LogP contribution in [0.1, 0.15) is 0 Å². The molecule has 170 valence electrons. The number of ether oxygens (including phenoxy) is 1. The fraction of sp³-hybridized carbons (Fsp3) is 0.125. The second-order valence-electron chi connectivity index (χ2n) is 7.72. The maximum Gasteiger partial charge on any atom is 0.294 e. The Morgan fingerprint density at radius 3 is 2.65 bits per heavy atom. The molecule has 0 bridgehead atoms. The van der Waals surface area contributed by atoms with E-state index in [2.05, 4.69) is 10.1 Å². The maximum absolute atomic E-state index is 12.9. The molecule has 3 aromatic carbocycles. The van der Waals surface area contributed by atoms with Crippen LogP contribution in [0.4, 0.5) is 5.69 Å². The molecular formula is C24H19N5O5. The molecule has 5 aromatic rings. The number of para-hydroxylation sites is 2. The predicted octanol–water partition coefficient (Wildman–Crippen LogP) is 3.08. The summed E-state index contributed by atoms with van der Waals surface area (Å²) in [5.41, 5.74) is -0.173. The Hall–Kier alpha value is -4.57. The first kappa shape index (κ1) is 21.3. The minimum atomic E-state index is -0.964. The lowest BCUT2D eigenvalue weighted by atomic mass is 10.1. The van der Waals surface area contributed by atoms with Crippen molar-refractivity contribution in [3.63, 3.8) is 0 Å². The molecule has 1 N–H and O–H groups in total. The van der Waals surface area contributed by atoms with Crippen LogP contribution in [-0.2, 0) is 6.54 Å². The van der Waals surface area contributed by atoms with Gasteiger partial charge in [-0.05, 0) is 29.0 Å². The number of hydrogen-bond donors (Lipinski definition) is 1. The van der Waals surface area contributed by atoms with Crippen LogP contribution in [0.15, 0.2) is 84.0 Å². The van der Waals surface area contributed by atoms with Gasteiger partial charge in [0, 0.05) is 6.07 Å². The minimum Gasteiger partial charge on any atom is -0.491 e. The van der Waals surface area contributed by atoms with Gasteiger partial charge in [-0.25, -0.2) is 9.67 Å². The lowest BCUT2D eigenvalue weighted by Crippen LogP contribution is -2.30. The Morgan fingerprint density at radius 1 is 1.06 bits per heavy atom. The zero-order chi connectivity index (χ0) is 23.7. The molecule has 10 heteroatoms. The van der Waals surface area contributed by atoms with E-state index in [1.54, 1.807) is 12.1 Å². The molecule has 34 heavy (non-hydrogen) atoms. The number of fused-ring (bicyclic) bond motifs is 2. The smallest absolute Gasteiger partial charge is 0.294 e. The number of nitro groups is 1. The maximum atomic E-state index is 12.9. The molecule has 5 rings (SSSR count). The average molecular weight is 457 g/mol. The Balaban J connectivity index is 1.35. The van der Waals surface area contributed by atoms with Crippen molar-refractivity contribution in [3.05, 3.63) is 99.7 Å². The first-order valence-corrected chi connectivity index (χ1v) is 10.5. The van der Waals surface area contributed by atoms with Crippen LogP contribution in [0, 0.1) is 10.1 Å². The molecule has 0 spiro atoms. The van der Waals surface area contributed by atoms with Crippen molar-refractivity contribution in [3.8, 4) is 11.4 Å². The summed E-state index contributed by atoms with van der Waals surface area (Å²) in [5, 5.41) is 28.2. The lowest BCUT2D eigenvalue weighted by Gasteiger charge is -2.14. The van der Waals surface area contributed by atoms with E-state index in [0.717, 1.165) is 10.8 Å². The van der Waals surface area contributed by atoms with Crippen molar-refractivity contribution in [1.29, 1.82) is 0 Å². The summed E-state index contributed by atoms with van der Waals surface area (Å²) in [7, 11) is 0. The fourth-order valence-corrected chi connectivity index (χ4v) is 3.78. The molecule has 0 aliphatic rings. The highest BCUT2D eigenvalue weighted by atomic mass is 16.6. The third kappa shape index (κ3) is 3.97. The van der Waals surface area contributed by atoms with Gasteiger partial charge in [-0.2, -0.15) is 5.10 Å². The Morgan fingerprint density at radius 2 is 1.82 bits per heavy atom. The number of aliphatic hydroxyl groups is 1. The zero-order valence-electron chi connectivity index (χ0n) is 17.8. The van der Waals surface area contributed by atoms with Gasteiger partial charge in [-0.3, -0.25) is 19.5 Å². The molecule has 0 aliphatic carbocycles. The van der Waals surface area contributed by atoms with Crippen LogP contribution in [-0.4, -0.2) is 42.1 Å². The Labute approximate surface area is 192 Å². The first-order valence-electron chi connectivity index (χ1n) is 10.5. The summed E-state index contributed by atoms with van der Waals surface area (Å²) >= 11 is 0. The number of nitro benzene ring substituents is 1. The van der Waals surface area contributed by atoms with E-state index in [1.807, 2.05) is 42.5 Å². The van der Waals surface area contributed by atoms with Crippen molar-refractivity contribution < 1.29 is 14.8 Å². The van der Waals surface area contributed by atoms with E-state index in [1.165, 1.54) is 33.9 Å². The topological polar surface area (TPSA) is 125 Å². The summed E-state index contributed by atoms with van der Waals surface area (Å²) in [6, 6.07) is 19.6. The summed E-state index contributed by atoms with van der Waals surface area (Å²) in [6.45, 7) is -0.0513. The SMILES string of the molecule is O=c1c2cnn(-c3ccccc3[N+](=O)[O-])c2ncn1CC(O)COc1ccc2ccccc2c1. The van der Waals surface area contributed by atoms with E-state index in [0.29, 0.717) is 5.75 Å². The van der Waals surface area contributed by atoms with E-state index in [-0.39, 0.29) is 35.6 Å². The van der Waals surface area contributed by atoms with Crippen molar-refractivity contribution in [2.75, 3.05) is 6.61 Å². The van der Waals surface area contributed by atoms with Crippen LogP contribution >= 0.6 is 0 Å². The average Bonchev–Trinajstić information content (AvgIpc) is 3.29. The second-order valence-corrected chi connectivity index (χ2v) is 7.72. The molecule has 0 fully saturated rings. The summed E-state index contributed by atoms with van der Waals surface area (Å²) in [6.07, 6.45) is 1.64. The molecule has 1 atom stereocenters. The van der Waals surface area contributed by atoms with Crippen LogP contribution in [0.3, 0.4) is 0 Å². The Kier molecular flexibility index (Phi) is 5.48. The monoisotopic (exact) mass is 457 g/mol. The summed E-state index contributed by atoms with van der Waals surface area (Å²) in [5.74, 6) is 0.615. The quantitative estimate of drug-likeness (QED) is 0.294. The third-order valence-corrected chi connectivity index (χ3v) is 5.43. The minimum absolute atomic E-state index is 0.0156. The summed E-state index contributed by atoms with van der Waals surface area (Å²) in [4.78, 5) is 28.0. The van der Waals surface area contributed by atoms with E-state index in [9.17, 15) is 20.0 Å². The van der Waals surface area contributed by atoms with Crippen LogP contribution in [0.25, 0.3) is 27.5 Å². The molecule has 0 aliphatic heterocycles. The predicted molar refractivity (Wildman–Crippen MR) is 125 cm³/mol. The van der Waals surface area contributed by atoms with Crippen LogP contribution < -0.4 is 10.3 Å². The zero-order valence-corrected chi connectivity index (χ0v) is 17.8. The molecule has 2 aromatic heterocycles. The van der Waals surface area contributed by atoms with Gasteiger partial charge in [0.1, 0.15) is 35.9 Å². The molecule has 0 amide bonds. The van der Waals surface area contributed by atoms with Crippen molar-refractivity contribution in [2.45, 2.75) is 12.6 Å². The number of aliphatic hydroxyl groups excluding tert-OH is 1. The van der Waals surface area contributed by atoms with Crippen LogP contribution in [0.5, 0.6) is 5.75 Å². The second kappa shape index (κ2) is 8.75. The molecular weight excluding hydrogens is 438 g/mol. The molecule has 1 unspecified atom stereocenters. The van der Waals surface area contributed by atoms with Crippen molar-refractivity contribution >= 4 is 27.5 Å². The first-order chi connectivity index (χ1) is 16.5. The molecule has 0 saturated carbocycles. The molecule has 0 saturated heterocycles. The van der Waals surface area contributed by atoms with Crippen molar-refractivity contribution in [2.24, 2.45) is 0 Å². The standard InChI is InChI=1S/C24H19N5O5/c30-18(14-34-19-10-9-16-5-1-2-6-17(16)11-19)13-27-15-25-23-20(24(27)31)12-26-28(23)21-7-3-4-8-22(21)29(32)33/h1-12,15,18,30H,13-14H2. The van der Waals surface area contributed by atoms with Gasteiger partial charge in [0.15, 0.2) is 5.65 Å². The van der Waals surface area contributed by atoms with E-state index in [4.69, 9.17) is 4.74 Å². The number of nitrogens with zero attached hydrogens (tertiary/aromatic N) is 5. The van der Waals surface area contributed by atoms with Crippen LogP contribution in [0.2, 0.25) is 0 Å². The normalized spacial score (nSPS) is 12.1. The van der Waals surface area contributed by atoms with Gasteiger partial charge in [-0.1, -0.05) is 42.5 Å². The largest absolute Gasteiger partial charge is 0.491 e. The van der Waals surface area contributed by atoms with Gasteiger partial charge in [-0.15, -0.1) is 0 Å². The highest BCUT2D eigenvalue weighted by Crippen LogP contribution is 2.24. The van der Waals surface area contributed by atoms with Gasteiger partial charge < -0.3 is 9.84 Å². The van der Waals surface area contributed by atoms with Crippen molar-refractivity contribution in [1.82, 2.24) is 19.3 Å². The van der Waals surface area contributed by atoms with Gasteiger partial charge in [0.2, 0.25) is 0 Å². The number of benzene rings is 3. The fourth-order valence-electron chi connectivity index (χ4n) is 3.78. The van der Waals surface area contributed by atoms with Gasteiger partial charge in [0.05, 0.1) is 17.7 Å². The number of rotatable bonds is 7. The lowest BCUT2D eigenvalue weighted by molar-refractivity contribution is -0.384. The molecule has 2 heterocycles. The number of aromatic nitrogens is 4. The van der Waals surface area contributed by atoms with E-state index >= 15 is 0 Å². The molecule has 10 nitrogen and oxygen atoms in total. The number of hydrogen-bond acceptors (Lipinski definition) is 7. The van der Waals surface area contributed by atoms with Gasteiger partial charge in [0.25, 0.3) is 11.2 Å². The van der Waals surface area contributed by atoms with E-state index < -0.39 is 16.6 Å². The highest BCUT2D eigenvalue weighted by Gasteiger charge is 2.19.